The van der Waals surface area contributed by atoms with Crippen LogP contribution in [0.1, 0.15) is 17.5 Å². The van der Waals surface area contributed by atoms with Gasteiger partial charge >= 0.3 is 6.61 Å². The van der Waals surface area contributed by atoms with Crippen LogP contribution in [0.4, 0.5) is 8.78 Å². The molecule has 27 heavy (non-hydrogen) atoms. The van der Waals surface area contributed by atoms with Crippen molar-refractivity contribution in [3.63, 3.8) is 0 Å². The summed E-state index contributed by atoms with van der Waals surface area (Å²) in [6.07, 6.45) is 6.12. The molecule has 1 aromatic heterocycles. The Bertz CT molecular complexity index is 839. The summed E-state index contributed by atoms with van der Waals surface area (Å²) in [4.78, 5) is 18.0. The largest absolute Gasteiger partial charge is 0.434 e. The molecule has 0 saturated heterocycles. The highest BCUT2D eigenvalue weighted by molar-refractivity contribution is 9.10. The number of carbonyl (C=O) groups excluding carboxylic acids is 1. The Kier molecular flexibility index (Phi) is 7.89. The Morgan fingerprint density at radius 3 is 2.89 bits per heavy atom. The molecule has 0 saturated carbocycles. The van der Waals surface area contributed by atoms with Crippen LogP contribution in [0.15, 0.2) is 53.3 Å². The molecular formula is C19H16BrF2N3O2. The van der Waals surface area contributed by atoms with Crippen molar-refractivity contribution in [1.29, 1.82) is 5.26 Å². The van der Waals surface area contributed by atoms with E-state index in [-0.39, 0.29) is 31.2 Å². The second-order valence-corrected chi connectivity index (χ2v) is 6.34. The van der Waals surface area contributed by atoms with Crippen LogP contribution in [0, 0.1) is 11.3 Å². The van der Waals surface area contributed by atoms with Crippen molar-refractivity contribution < 1.29 is 18.3 Å². The quantitative estimate of drug-likeness (QED) is 0.576. The molecule has 2 rings (SSSR count). The Morgan fingerprint density at radius 2 is 2.22 bits per heavy atom. The number of ether oxygens (including phenoxy) is 1. The molecule has 5 nitrogen and oxygen atoms in total. The van der Waals surface area contributed by atoms with Gasteiger partial charge in [-0.05, 0) is 35.9 Å². The smallest absolute Gasteiger partial charge is 0.387 e. The summed E-state index contributed by atoms with van der Waals surface area (Å²) in [5.41, 5.74) is 1.15. The van der Waals surface area contributed by atoms with E-state index >= 15 is 0 Å². The lowest BCUT2D eigenvalue weighted by Crippen LogP contribution is -2.29. The Labute approximate surface area is 164 Å². The van der Waals surface area contributed by atoms with E-state index in [4.69, 9.17) is 5.26 Å². The maximum atomic E-state index is 12.6. The van der Waals surface area contributed by atoms with Gasteiger partial charge in [-0.2, -0.15) is 14.0 Å². The first-order chi connectivity index (χ1) is 13.0. The fourth-order valence-corrected chi connectivity index (χ4v) is 2.66. The number of carbonyl (C=O) groups is 1. The first-order valence-electron chi connectivity index (χ1n) is 7.97. The molecule has 0 atom stereocenters. The van der Waals surface area contributed by atoms with Gasteiger partial charge in [-0.15, -0.1) is 0 Å². The highest BCUT2D eigenvalue weighted by Gasteiger charge is 2.13. The predicted molar refractivity (Wildman–Crippen MR) is 99.7 cm³/mol. The van der Waals surface area contributed by atoms with E-state index in [0.29, 0.717) is 10.0 Å². The molecule has 1 amide bonds. The molecule has 8 heteroatoms. The second kappa shape index (κ2) is 10.4. The highest BCUT2D eigenvalue weighted by Crippen LogP contribution is 2.26. The summed E-state index contributed by atoms with van der Waals surface area (Å²) >= 11 is 3.26. The number of aromatic nitrogens is 1. The Hall–Kier alpha value is -2.79. The number of alkyl halides is 2. The molecule has 0 unspecified atom stereocenters. The van der Waals surface area contributed by atoms with E-state index in [1.165, 1.54) is 23.1 Å². The lowest BCUT2D eigenvalue weighted by atomic mass is 10.2. The Balaban J connectivity index is 2.18. The van der Waals surface area contributed by atoms with Gasteiger partial charge in [-0.1, -0.05) is 22.0 Å². The maximum Gasteiger partial charge on any atom is 0.387 e. The molecule has 2 aromatic rings. The molecule has 1 aromatic carbocycles. The SMILES string of the molecule is N#CCCN(Cc1cccnc1)C(=O)/C=C/c1cc(Br)ccc1OC(F)F. The van der Waals surface area contributed by atoms with E-state index in [1.807, 2.05) is 12.1 Å². The van der Waals surface area contributed by atoms with Gasteiger partial charge in [0.25, 0.3) is 0 Å². The van der Waals surface area contributed by atoms with Crippen LogP contribution in [-0.4, -0.2) is 28.9 Å². The number of hydrogen-bond acceptors (Lipinski definition) is 4. The zero-order valence-electron chi connectivity index (χ0n) is 14.2. The fraction of sp³-hybridized carbons (Fsp3) is 0.211. The van der Waals surface area contributed by atoms with Crippen LogP contribution in [0.3, 0.4) is 0 Å². The van der Waals surface area contributed by atoms with Crippen molar-refractivity contribution in [3.8, 4) is 11.8 Å². The van der Waals surface area contributed by atoms with Crippen molar-refractivity contribution in [2.75, 3.05) is 6.54 Å². The van der Waals surface area contributed by atoms with Gasteiger partial charge in [0.1, 0.15) is 5.75 Å². The number of hydrogen-bond donors (Lipinski definition) is 0. The number of amides is 1. The zero-order valence-corrected chi connectivity index (χ0v) is 15.8. The van der Waals surface area contributed by atoms with E-state index < -0.39 is 6.61 Å². The average Bonchev–Trinajstić information content (AvgIpc) is 2.65. The van der Waals surface area contributed by atoms with Gasteiger partial charge in [0, 0.05) is 41.6 Å². The topological polar surface area (TPSA) is 66.2 Å². The number of halogens is 3. The van der Waals surface area contributed by atoms with Crippen molar-refractivity contribution >= 4 is 27.9 Å². The van der Waals surface area contributed by atoms with Crippen LogP contribution in [0.5, 0.6) is 5.75 Å². The van der Waals surface area contributed by atoms with E-state index in [2.05, 4.69) is 25.7 Å². The van der Waals surface area contributed by atoms with Crippen molar-refractivity contribution in [3.05, 3.63) is 64.4 Å². The molecule has 0 aliphatic heterocycles. The summed E-state index contributed by atoms with van der Waals surface area (Å²) in [5.74, 6) is -0.384. The monoisotopic (exact) mass is 435 g/mol. The predicted octanol–water partition coefficient (Wildman–Crippen LogP) is 4.40. The summed E-state index contributed by atoms with van der Waals surface area (Å²) in [7, 11) is 0. The van der Waals surface area contributed by atoms with Crippen LogP contribution >= 0.6 is 15.9 Å². The average molecular weight is 436 g/mol. The van der Waals surface area contributed by atoms with E-state index in [1.54, 1.807) is 30.6 Å². The van der Waals surface area contributed by atoms with Crippen molar-refractivity contribution in [2.24, 2.45) is 0 Å². The van der Waals surface area contributed by atoms with Gasteiger partial charge in [0.15, 0.2) is 0 Å². The van der Waals surface area contributed by atoms with Gasteiger partial charge < -0.3 is 9.64 Å². The molecule has 0 aliphatic rings. The number of benzene rings is 1. The third kappa shape index (κ3) is 6.79. The van der Waals surface area contributed by atoms with Crippen LogP contribution < -0.4 is 4.74 Å². The van der Waals surface area contributed by atoms with Gasteiger partial charge in [0.05, 0.1) is 12.5 Å². The molecule has 140 valence electrons. The Morgan fingerprint density at radius 1 is 1.41 bits per heavy atom. The van der Waals surface area contributed by atoms with Crippen molar-refractivity contribution in [2.45, 2.75) is 19.6 Å². The summed E-state index contributed by atoms with van der Waals surface area (Å²) in [5, 5.41) is 8.81. The standard InChI is InChI=1S/C19H16BrF2N3O2/c20-16-5-6-17(27-19(21)22)15(11-16)4-7-18(26)25(10-2-8-23)13-14-3-1-9-24-12-14/h1,3-7,9,11-12,19H,2,10,13H2/b7-4+. The molecule has 0 bridgehead atoms. The summed E-state index contributed by atoms with van der Waals surface area (Å²) < 4.78 is 30.2. The second-order valence-electron chi connectivity index (χ2n) is 5.42. The number of pyridine rings is 1. The zero-order chi connectivity index (χ0) is 19.6. The maximum absolute atomic E-state index is 12.6. The van der Waals surface area contributed by atoms with Crippen LogP contribution in [-0.2, 0) is 11.3 Å². The van der Waals surface area contributed by atoms with Crippen LogP contribution in [0.2, 0.25) is 0 Å². The third-order valence-corrected chi connectivity index (χ3v) is 3.99. The molecule has 0 radical (unpaired) electrons. The van der Waals surface area contributed by atoms with E-state index in [0.717, 1.165) is 5.56 Å². The first kappa shape index (κ1) is 20.5. The normalized spacial score (nSPS) is 10.8. The fourth-order valence-electron chi connectivity index (χ4n) is 2.28. The first-order valence-corrected chi connectivity index (χ1v) is 8.76. The molecule has 1 heterocycles. The van der Waals surface area contributed by atoms with Gasteiger partial charge in [-0.3, -0.25) is 9.78 Å². The molecule has 0 aliphatic carbocycles. The minimum absolute atomic E-state index is 0.0342. The molecule has 0 fully saturated rings. The lowest BCUT2D eigenvalue weighted by Gasteiger charge is -2.20. The summed E-state index contributed by atoms with van der Waals surface area (Å²) in [6, 6.07) is 10.1. The van der Waals surface area contributed by atoms with Gasteiger partial charge in [-0.25, -0.2) is 0 Å². The lowest BCUT2D eigenvalue weighted by molar-refractivity contribution is -0.126. The van der Waals surface area contributed by atoms with Crippen molar-refractivity contribution in [1.82, 2.24) is 9.88 Å². The van der Waals surface area contributed by atoms with Gasteiger partial charge in [0.2, 0.25) is 5.91 Å². The minimum Gasteiger partial charge on any atom is -0.434 e. The molecular weight excluding hydrogens is 420 g/mol. The third-order valence-electron chi connectivity index (χ3n) is 3.49. The summed E-state index contributed by atoms with van der Waals surface area (Å²) in [6.45, 7) is -2.43. The molecule has 0 spiro atoms. The number of nitriles is 1. The van der Waals surface area contributed by atoms with Crippen LogP contribution in [0.25, 0.3) is 6.08 Å². The van der Waals surface area contributed by atoms with E-state index in [9.17, 15) is 13.6 Å². The number of rotatable bonds is 8. The highest BCUT2D eigenvalue weighted by atomic mass is 79.9. The molecule has 0 N–H and O–H groups in total. The minimum atomic E-state index is -2.97. The number of nitrogens with zero attached hydrogens (tertiary/aromatic N) is 3.